The van der Waals surface area contributed by atoms with Gasteiger partial charge in [-0.2, -0.15) is 0 Å². The van der Waals surface area contributed by atoms with Crippen molar-refractivity contribution in [1.29, 1.82) is 0 Å². The van der Waals surface area contributed by atoms with E-state index in [0.717, 1.165) is 25.2 Å². The van der Waals surface area contributed by atoms with Crippen molar-refractivity contribution in [3.05, 3.63) is 24.3 Å². The minimum atomic E-state index is -3.64. The standard InChI is InChI=1S/C12H21N3O3S/c1-18-10-9-15(8-2-7-13)11-3-5-12(6-4-11)19(14,16)17/h3-6H,2,7-10,13H2,1H3,(H2,14,16,17). The van der Waals surface area contributed by atoms with Gasteiger partial charge in [0.05, 0.1) is 11.5 Å². The molecule has 0 saturated carbocycles. The number of nitrogens with two attached hydrogens (primary N) is 2. The molecule has 0 aliphatic heterocycles. The van der Waals surface area contributed by atoms with E-state index in [0.29, 0.717) is 13.2 Å². The Bertz CT molecular complexity index is 465. The third kappa shape index (κ3) is 5.15. The SMILES string of the molecule is COCCN(CCCN)c1ccc(S(N)(=O)=O)cc1. The predicted molar refractivity (Wildman–Crippen MR) is 75.6 cm³/mol. The van der Waals surface area contributed by atoms with Crippen LogP contribution in [0.3, 0.4) is 0 Å². The van der Waals surface area contributed by atoms with E-state index >= 15 is 0 Å². The van der Waals surface area contributed by atoms with Gasteiger partial charge in [0, 0.05) is 25.9 Å². The van der Waals surface area contributed by atoms with Gasteiger partial charge in [-0.15, -0.1) is 0 Å². The molecule has 19 heavy (non-hydrogen) atoms. The summed E-state index contributed by atoms with van der Waals surface area (Å²) < 4.78 is 27.4. The molecule has 0 radical (unpaired) electrons. The van der Waals surface area contributed by atoms with Crippen LogP contribution in [-0.4, -0.2) is 41.8 Å². The van der Waals surface area contributed by atoms with E-state index in [1.165, 1.54) is 12.1 Å². The number of ether oxygens (including phenoxy) is 1. The summed E-state index contributed by atoms with van der Waals surface area (Å²) >= 11 is 0. The number of nitrogens with zero attached hydrogens (tertiary/aromatic N) is 1. The van der Waals surface area contributed by atoms with E-state index in [2.05, 4.69) is 4.90 Å². The van der Waals surface area contributed by atoms with E-state index in [-0.39, 0.29) is 4.90 Å². The van der Waals surface area contributed by atoms with Gasteiger partial charge in [0.15, 0.2) is 0 Å². The lowest BCUT2D eigenvalue weighted by Gasteiger charge is -2.24. The minimum Gasteiger partial charge on any atom is -0.383 e. The van der Waals surface area contributed by atoms with Crippen molar-refractivity contribution in [3.63, 3.8) is 0 Å². The molecule has 4 N–H and O–H groups in total. The first kappa shape index (κ1) is 15.9. The molecule has 0 saturated heterocycles. The first-order valence-corrected chi connectivity index (χ1v) is 7.60. The van der Waals surface area contributed by atoms with Crippen LogP contribution in [0.2, 0.25) is 0 Å². The normalized spacial score (nSPS) is 11.5. The maximum absolute atomic E-state index is 11.2. The fourth-order valence-corrected chi connectivity index (χ4v) is 2.22. The topological polar surface area (TPSA) is 98.7 Å². The molecule has 0 unspecified atom stereocenters. The molecule has 0 amide bonds. The smallest absolute Gasteiger partial charge is 0.238 e. The number of methoxy groups -OCH3 is 1. The van der Waals surface area contributed by atoms with Crippen molar-refractivity contribution >= 4 is 15.7 Å². The number of hydrogen-bond donors (Lipinski definition) is 2. The van der Waals surface area contributed by atoms with Gasteiger partial charge in [-0.3, -0.25) is 0 Å². The van der Waals surface area contributed by atoms with Crippen LogP contribution in [-0.2, 0) is 14.8 Å². The molecule has 1 aromatic carbocycles. The molecule has 1 aromatic rings. The number of sulfonamides is 1. The Morgan fingerprint density at radius 1 is 1.21 bits per heavy atom. The van der Waals surface area contributed by atoms with Crippen LogP contribution < -0.4 is 15.8 Å². The zero-order chi connectivity index (χ0) is 14.3. The second-order valence-electron chi connectivity index (χ2n) is 4.16. The molecule has 108 valence electrons. The van der Waals surface area contributed by atoms with Crippen LogP contribution in [0, 0.1) is 0 Å². The van der Waals surface area contributed by atoms with E-state index in [1.807, 2.05) is 0 Å². The molecule has 1 rings (SSSR count). The number of benzene rings is 1. The summed E-state index contributed by atoms with van der Waals surface area (Å²) in [6.07, 6.45) is 0.862. The van der Waals surface area contributed by atoms with E-state index in [9.17, 15) is 8.42 Å². The Morgan fingerprint density at radius 3 is 2.32 bits per heavy atom. The molecule has 0 fully saturated rings. The summed E-state index contributed by atoms with van der Waals surface area (Å²) in [5.74, 6) is 0. The predicted octanol–water partition coefficient (Wildman–Crippen LogP) is 0.136. The van der Waals surface area contributed by atoms with Crippen molar-refractivity contribution in [1.82, 2.24) is 0 Å². The lowest BCUT2D eigenvalue weighted by atomic mass is 10.2. The lowest BCUT2D eigenvalue weighted by Crippen LogP contribution is -2.29. The van der Waals surface area contributed by atoms with E-state index in [1.54, 1.807) is 19.2 Å². The molecule has 0 heterocycles. The van der Waals surface area contributed by atoms with Crippen molar-refractivity contribution in [2.75, 3.05) is 38.3 Å². The van der Waals surface area contributed by atoms with Gasteiger partial charge in [-0.25, -0.2) is 13.6 Å². The third-order valence-corrected chi connectivity index (χ3v) is 3.66. The zero-order valence-corrected chi connectivity index (χ0v) is 11.9. The fourth-order valence-electron chi connectivity index (χ4n) is 1.70. The second-order valence-corrected chi connectivity index (χ2v) is 5.72. The highest BCUT2D eigenvalue weighted by Gasteiger charge is 2.10. The third-order valence-electron chi connectivity index (χ3n) is 2.73. The van der Waals surface area contributed by atoms with Gasteiger partial charge in [0.1, 0.15) is 0 Å². The lowest BCUT2D eigenvalue weighted by molar-refractivity contribution is 0.205. The van der Waals surface area contributed by atoms with E-state index < -0.39 is 10.0 Å². The number of hydrogen-bond acceptors (Lipinski definition) is 5. The van der Waals surface area contributed by atoms with Gasteiger partial charge < -0.3 is 15.4 Å². The molecular formula is C12H21N3O3S. The molecule has 0 aliphatic carbocycles. The molecule has 0 bridgehead atoms. The molecule has 0 aliphatic rings. The summed E-state index contributed by atoms with van der Waals surface area (Å²) in [6.45, 7) is 2.74. The van der Waals surface area contributed by atoms with Gasteiger partial charge >= 0.3 is 0 Å². The Labute approximate surface area is 114 Å². The van der Waals surface area contributed by atoms with Gasteiger partial charge in [-0.05, 0) is 37.2 Å². The highest BCUT2D eigenvalue weighted by molar-refractivity contribution is 7.89. The highest BCUT2D eigenvalue weighted by Crippen LogP contribution is 2.17. The summed E-state index contributed by atoms with van der Waals surface area (Å²) in [5.41, 5.74) is 6.44. The van der Waals surface area contributed by atoms with Crippen LogP contribution in [0.1, 0.15) is 6.42 Å². The summed E-state index contributed by atoms with van der Waals surface area (Å²) in [7, 11) is -2.00. The molecule has 6 nitrogen and oxygen atoms in total. The number of anilines is 1. The summed E-state index contributed by atoms with van der Waals surface area (Å²) in [6, 6.07) is 6.50. The van der Waals surface area contributed by atoms with Crippen LogP contribution >= 0.6 is 0 Å². The number of primary sulfonamides is 1. The van der Waals surface area contributed by atoms with Crippen molar-refractivity contribution in [3.8, 4) is 0 Å². The largest absolute Gasteiger partial charge is 0.383 e. The Hall–Kier alpha value is -1.15. The van der Waals surface area contributed by atoms with Crippen LogP contribution in [0.25, 0.3) is 0 Å². The molecule has 0 spiro atoms. The molecule has 7 heteroatoms. The Kier molecular flexibility index (Phi) is 6.23. The second kappa shape index (κ2) is 7.44. The van der Waals surface area contributed by atoms with Gasteiger partial charge in [0.2, 0.25) is 10.0 Å². The van der Waals surface area contributed by atoms with Gasteiger partial charge in [-0.1, -0.05) is 0 Å². The zero-order valence-electron chi connectivity index (χ0n) is 11.1. The van der Waals surface area contributed by atoms with E-state index in [4.69, 9.17) is 15.6 Å². The van der Waals surface area contributed by atoms with Crippen LogP contribution in [0.4, 0.5) is 5.69 Å². The van der Waals surface area contributed by atoms with Crippen molar-refractivity contribution in [2.24, 2.45) is 10.9 Å². The van der Waals surface area contributed by atoms with Crippen LogP contribution in [0.15, 0.2) is 29.2 Å². The van der Waals surface area contributed by atoms with Crippen molar-refractivity contribution < 1.29 is 13.2 Å². The average molecular weight is 287 g/mol. The van der Waals surface area contributed by atoms with Crippen LogP contribution in [0.5, 0.6) is 0 Å². The highest BCUT2D eigenvalue weighted by atomic mass is 32.2. The summed E-state index contributed by atoms with van der Waals surface area (Å²) in [5, 5.41) is 5.07. The maximum Gasteiger partial charge on any atom is 0.238 e. The maximum atomic E-state index is 11.2. The number of rotatable bonds is 8. The summed E-state index contributed by atoms with van der Waals surface area (Å²) in [4.78, 5) is 2.21. The first-order chi connectivity index (χ1) is 8.99. The minimum absolute atomic E-state index is 0.113. The fraction of sp³-hybridized carbons (Fsp3) is 0.500. The first-order valence-electron chi connectivity index (χ1n) is 6.06. The van der Waals surface area contributed by atoms with Crippen molar-refractivity contribution in [2.45, 2.75) is 11.3 Å². The monoisotopic (exact) mass is 287 g/mol. The molecule has 0 aromatic heterocycles. The Morgan fingerprint density at radius 2 is 1.84 bits per heavy atom. The average Bonchev–Trinajstić information content (AvgIpc) is 2.38. The van der Waals surface area contributed by atoms with Gasteiger partial charge in [0.25, 0.3) is 0 Å². The quantitative estimate of drug-likeness (QED) is 0.708. The molecular weight excluding hydrogens is 266 g/mol. The molecule has 0 atom stereocenters. The Balaban J connectivity index is 2.83.